The van der Waals surface area contributed by atoms with E-state index in [9.17, 15) is 9.90 Å². The second-order valence-corrected chi connectivity index (χ2v) is 10.5. The number of nitrogens with zero attached hydrogens (tertiary/aromatic N) is 2. The zero-order valence-electron chi connectivity index (χ0n) is 22.8. The summed E-state index contributed by atoms with van der Waals surface area (Å²) in [4.78, 5) is 20.1. The van der Waals surface area contributed by atoms with E-state index in [-0.39, 0.29) is 30.2 Å². The van der Waals surface area contributed by atoms with E-state index >= 15 is 4.39 Å². The van der Waals surface area contributed by atoms with Gasteiger partial charge >= 0.3 is 5.69 Å². The third-order valence-corrected chi connectivity index (χ3v) is 6.97. The van der Waals surface area contributed by atoms with E-state index in [1.165, 1.54) is 4.57 Å². The molecule has 0 unspecified atom stereocenters. The van der Waals surface area contributed by atoms with E-state index in [0.29, 0.717) is 40.9 Å². The Morgan fingerprint density at radius 2 is 2.00 bits per heavy atom. The number of hydrogen-bond acceptors (Lipinski definition) is 6. The van der Waals surface area contributed by atoms with Gasteiger partial charge in [-0.3, -0.25) is 9.98 Å². The number of fused-ring (bicyclic) bond motifs is 1. The van der Waals surface area contributed by atoms with Crippen LogP contribution >= 0.6 is 11.6 Å². The maximum atomic E-state index is 15.0. The Balaban J connectivity index is 1.51. The number of nitrogens with one attached hydrogen (secondary N) is 3. The van der Waals surface area contributed by atoms with Crippen LogP contribution in [0.5, 0.6) is 0 Å². The highest BCUT2D eigenvalue weighted by molar-refractivity contribution is 6.31. The first-order valence-electron chi connectivity index (χ1n) is 13.4. The van der Waals surface area contributed by atoms with Gasteiger partial charge in [-0.25, -0.2) is 9.18 Å². The van der Waals surface area contributed by atoms with Crippen molar-refractivity contribution in [2.45, 2.75) is 51.4 Å². The smallest absolute Gasteiger partial charge is 0.354 e. The quantitative estimate of drug-likeness (QED) is 0.103. The number of halogens is 2. The third kappa shape index (κ3) is 7.92. The van der Waals surface area contributed by atoms with Crippen LogP contribution in [-0.4, -0.2) is 50.9 Å². The number of nitrogens with two attached hydrogens (primary N) is 2. The molecule has 2 heterocycles. The van der Waals surface area contributed by atoms with Crippen molar-refractivity contribution in [3.8, 4) is 16.9 Å². The van der Waals surface area contributed by atoms with Gasteiger partial charge in [-0.2, -0.15) is 4.98 Å². The number of benzene rings is 2. The number of aromatic nitrogens is 3. The molecule has 4 aromatic rings. The maximum Gasteiger partial charge on any atom is 0.354 e. The Bertz CT molecular complexity index is 1550. The highest BCUT2D eigenvalue weighted by atomic mass is 35.5. The summed E-state index contributed by atoms with van der Waals surface area (Å²) >= 11 is 6.21. The summed E-state index contributed by atoms with van der Waals surface area (Å²) in [5.74, 6) is -0.675. The van der Waals surface area contributed by atoms with Crippen molar-refractivity contribution in [2.24, 2.45) is 11.5 Å². The summed E-state index contributed by atoms with van der Waals surface area (Å²) in [7, 11) is 0. The summed E-state index contributed by atoms with van der Waals surface area (Å²) < 4.78 is 22.2. The number of aliphatic hydroxyl groups excluding tert-OH is 1. The summed E-state index contributed by atoms with van der Waals surface area (Å²) in [6.07, 6.45) is 4.17. The zero-order valence-corrected chi connectivity index (χ0v) is 23.5. The number of aromatic amines is 1. The van der Waals surface area contributed by atoms with Crippen molar-refractivity contribution in [1.29, 1.82) is 5.41 Å². The first kappa shape index (κ1) is 30.2. The molecule has 0 fully saturated rings. The van der Waals surface area contributed by atoms with Gasteiger partial charge in [0.1, 0.15) is 5.65 Å². The Labute approximate surface area is 242 Å². The molecule has 0 saturated carbocycles. The molecule has 0 radical (unpaired) electrons. The molecule has 0 aliphatic heterocycles. The van der Waals surface area contributed by atoms with Crippen LogP contribution in [0.3, 0.4) is 0 Å². The minimum atomic E-state index is -0.541. The van der Waals surface area contributed by atoms with E-state index in [1.54, 1.807) is 36.5 Å². The van der Waals surface area contributed by atoms with Crippen molar-refractivity contribution < 1.29 is 14.2 Å². The highest BCUT2D eigenvalue weighted by Gasteiger charge is 2.16. The van der Waals surface area contributed by atoms with Gasteiger partial charge in [-0.15, -0.1) is 0 Å². The molecule has 218 valence electrons. The Hall–Kier alpha value is -3.77. The van der Waals surface area contributed by atoms with E-state index in [2.05, 4.69) is 15.3 Å². The number of aliphatic hydroxyl groups is 1. The van der Waals surface area contributed by atoms with Gasteiger partial charge in [0.25, 0.3) is 0 Å². The lowest BCUT2D eigenvalue weighted by atomic mass is 10.0. The molecule has 0 saturated heterocycles. The number of H-pyrrole nitrogens is 1. The molecule has 41 heavy (non-hydrogen) atoms. The van der Waals surface area contributed by atoms with Gasteiger partial charge in [0, 0.05) is 29.7 Å². The number of rotatable bonds is 13. The minimum absolute atomic E-state index is 0.0339. The Kier molecular flexibility index (Phi) is 10.1. The molecule has 2 atom stereocenters. The molecule has 12 heteroatoms. The largest absolute Gasteiger partial charge is 0.394 e. The summed E-state index contributed by atoms with van der Waals surface area (Å²) in [5, 5.41) is 20.1. The average Bonchev–Trinajstić information content (AvgIpc) is 3.34. The first-order chi connectivity index (χ1) is 19.6. The first-order valence-corrected chi connectivity index (χ1v) is 13.8. The van der Waals surface area contributed by atoms with Crippen LogP contribution in [-0.2, 0) is 17.8 Å². The summed E-state index contributed by atoms with van der Waals surface area (Å²) in [5.41, 5.74) is 14.1. The monoisotopic (exact) mass is 583 g/mol. The van der Waals surface area contributed by atoms with Crippen LogP contribution in [0.1, 0.15) is 37.3 Å². The van der Waals surface area contributed by atoms with Crippen molar-refractivity contribution in [2.75, 3.05) is 13.2 Å². The van der Waals surface area contributed by atoms with Crippen molar-refractivity contribution in [3.63, 3.8) is 0 Å². The van der Waals surface area contributed by atoms with Gasteiger partial charge < -0.3 is 31.6 Å². The molecule has 2 aromatic heterocycles. The van der Waals surface area contributed by atoms with Crippen LogP contribution in [0.2, 0.25) is 5.02 Å². The molecule has 0 aliphatic rings. The fourth-order valence-electron chi connectivity index (χ4n) is 4.50. The maximum absolute atomic E-state index is 15.0. The second kappa shape index (κ2) is 13.7. The fourth-order valence-corrected chi connectivity index (χ4v) is 4.74. The zero-order chi connectivity index (χ0) is 29.5. The molecular formula is C29H35ClFN7O3. The van der Waals surface area contributed by atoms with E-state index in [1.807, 2.05) is 19.1 Å². The molecule has 8 N–H and O–H groups in total. The third-order valence-electron chi connectivity index (χ3n) is 6.70. The van der Waals surface area contributed by atoms with Gasteiger partial charge in [0.05, 0.1) is 35.7 Å². The van der Waals surface area contributed by atoms with Crippen molar-refractivity contribution in [1.82, 2.24) is 19.9 Å². The summed E-state index contributed by atoms with van der Waals surface area (Å²) in [6.45, 7) is 2.47. The van der Waals surface area contributed by atoms with Crippen LogP contribution in [0, 0.1) is 11.2 Å². The summed E-state index contributed by atoms with van der Waals surface area (Å²) in [6, 6.07) is 12.4. The predicted octanol–water partition coefficient (Wildman–Crippen LogP) is 3.59. The van der Waals surface area contributed by atoms with E-state index in [4.69, 9.17) is 33.2 Å². The number of hydrogen-bond donors (Lipinski definition) is 6. The standard InChI is InChI=1S/C29H35ClFN7O3/c1-17(32)3-2-4-19-11-23(26(31)24(30)12-19)25-13-20-14-38(29(40)37-27(20)36-25)21-7-5-18(6-8-21)16-41-22(15-39)9-10-35-28(33)34/h5-8,11-14,17,22,39H,2-4,9-10,15-16,32H2,1H3,(H4,33,34,35)(H,36,37,40)/t17-,22+/m0/s1. The number of ether oxygens (including phenoxy) is 1. The lowest BCUT2D eigenvalue weighted by Crippen LogP contribution is -2.33. The van der Waals surface area contributed by atoms with Crippen LogP contribution in [0.4, 0.5) is 4.39 Å². The molecule has 0 spiro atoms. The van der Waals surface area contributed by atoms with Gasteiger partial charge in [-0.1, -0.05) is 23.7 Å². The Morgan fingerprint density at radius 1 is 1.24 bits per heavy atom. The molecule has 2 aromatic carbocycles. The van der Waals surface area contributed by atoms with Crippen molar-refractivity contribution >= 4 is 28.6 Å². The normalized spacial score (nSPS) is 12.9. The van der Waals surface area contributed by atoms with E-state index < -0.39 is 17.6 Å². The predicted molar refractivity (Wildman–Crippen MR) is 159 cm³/mol. The van der Waals surface area contributed by atoms with Crippen LogP contribution < -0.4 is 22.5 Å². The molecule has 0 bridgehead atoms. The van der Waals surface area contributed by atoms with Gasteiger partial charge in [-0.05, 0) is 74.1 Å². The van der Waals surface area contributed by atoms with Crippen LogP contribution in [0.25, 0.3) is 28.0 Å². The minimum Gasteiger partial charge on any atom is -0.394 e. The molecular weight excluding hydrogens is 549 g/mol. The van der Waals surface area contributed by atoms with E-state index in [0.717, 1.165) is 30.4 Å². The fraction of sp³-hybridized carbons (Fsp3) is 0.345. The lowest BCUT2D eigenvalue weighted by molar-refractivity contribution is -0.00121. The molecule has 0 aliphatic carbocycles. The molecule has 0 amide bonds. The highest BCUT2D eigenvalue weighted by Crippen LogP contribution is 2.31. The number of aryl methyl sites for hydroxylation is 1. The molecule has 4 rings (SSSR count). The lowest BCUT2D eigenvalue weighted by Gasteiger charge is -2.16. The Morgan fingerprint density at radius 3 is 2.68 bits per heavy atom. The second-order valence-electron chi connectivity index (χ2n) is 10.1. The van der Waals surface area contributed by atoms with Gasteiger partial charge in [0.2, 0.25) is 0 Å². The van der Waals surface area contributed by atoms with Gasteiger partial charge in [0.15, 0.2) is 11.8 Å². The molecule has 10 nitrogen and oxygen atoms in total. The van der Waals surface area contributed by atoms with Crippen molar-refractivity contribution in [3.05, 3.63) is 81.1 Å². The SMILES string of the molecule is C[C@H](N)CCCc1cc(Cl)c(F)c(-c2cc3cn(-c4ccc(CO[C@@H](CO)CCNC(=N)N)cc4)c(=O)nc3[nH]2)c1. The number of guanidine groups is 1. The van der Waals surface area contributed by atoms with Crippen LogP contribution in [0.15, 0.2) is 53.5 Å². The average molecular weight is 584 g/mol. The topological polar surface area (TPSA) is 168 Å².